The average Bonchev–Trinajstić information content (AvgIpc) is 2.25. The molecule has 0 saturated heterocycles. The predicted molar refractivity (Wildman–Crippen MR) is 50.4 cm³/mol. The Labute approximate surface area is 91.9 Å². The van der Waals surface area contributed by atoms with E-state index in [1.54, 1.807) is 0 Å². The van der Waals surface area contributed by atoms with Gasteiger partial charge < -0.3 is 9.47 Å². The molecular weight excluding hydrogens is 222 g/mol. The Morgan fingerprint density at radius 2 is 1.19 bits per heavy atom. The summed E-state index contributed by atoms with van der Waals surface area (Å²) in [6.07, 6.45) is -0.449. The Kier molecular flexibility index (Phi) is 5.14. The molecule has 4 nitrogen and oxygen atoms in total. The highest BCUT2D eigenvalue weighted by Crippen LogP contribution is 2.29. The second kappa shape index (κ2) is 6.40. The third kappa shape index (κ3) is 5.04. The zero-order chi connectivity index (χ0) is 12.0. The smallest absolute Gasteiger partial charge is 0.440 e. The van der Waals surface area contributed by atoms with Crippen LogP contribution in [-0.4, -0.2) is 25.7 Å². The first-order valence-corrected chi connectivity index (χ1v) is 5.22. The molecule has 0 spiro atoms. The lowest BCUT2D eigenvalue weighted by atomic mass is 9.83. The topological polar surface area (TPSA) is 52.6 Å². The first-order valence-electron chi connectivity index (χ1n) is 5.22. The molecule has 0 aliphatic heterocycles. The largest absolute Gasteiger partial charge is 0.495 e. The molecule has 0 aromatic rings. The molecular formula is C10H14F2O4. The second-order valence-electron chi connectivity index (χ2n) is 3.98. The van der Waals surface area contributed by atoms with Gasteiger partial charge in [0.05, 0.1) is 13.2 Å². The molecule has 0 amide bonds. The summed E-state index contributed by atoms with van der Waals surface area (Å²) in [4.78, 5) is 19.9. The van der Waals surface area contributed by atoms with Crippen LogP contribution in [0.3, 0.4) is 0 Å². The fourth-order valence-electron chi connectivity index (χ4n) is 1.93. The van der Waals surface area contributed by atoms with Gasteiger partial charge >= 0.3 is 12.4 Å². The highest BCUT2D eigenvalue weighted by Gasteiger charge is 2.23. The van der Waals surface area contributed by atoms with Crippen molar-refractivity contribution in [2.24, 2.45) is 11.8 Å². The normalized spacial score (nSPS) is 24.9. The maximum absolute atomic E-state index is 11.8. The van der Waals surface area contributed by atoms with Gasteiger partial charge in [0, 0.05) is 0 Å². The molecule has 1 rings (SSSR count). The average molecular weight is 236 g/mol. The summed E-state index contributed by atoms with van der Waals surface area (Å²) in [6.45, 7) is 0.176. The van der Waals surface area contributed by atoms with Crippen LogP contribution in [0.5, 0.6) is 0 Å². The van der Waals surface area contributed by atoms with Gasteiger partial charge in [-0.1, -0.05) is 0 Å². The number of ether oxygens (including phenoxy) is 2. The summed E-state index contributed by atoms with van der Waals surface area (Å²) in [5.41, 5.74) is 0. The number of hydrogen-bond donors (Lipinski definition) is 0. The van der Waals surface area contributed by atoms with E-state index < -0.39 is 12.4 Å². The Morgan fingerprint density at radius 1 is 0.875 bits per heavy atom. The van der Waals surface area contributed by atoms with Gasteiger partial charge in [-0.3, -0.25) is 0 Å². The number of hydrogen-bond acceptors (Lipinski definition) is 4. The summed E-state index contributed by atoms with van der Waals surface area (Å²) >= 11 is 0. The molecule has 0 atom stereocenters. The third-order valence-electron chi connectivity index (χ3n) is 2.83. The van der Waals surface area contributed by atoms with Crippen LogP contribution in [0.25, 0.3) is 0 Å². The first-order chi connectivity index (χ1) is 7.58. The lowest BCUT2D eigenvalue weighted by Crippen LogP contribution is -2.22. The van der Waals surface area contributed by atoms with Crippen molar-refractivity contribution in [3.8, 4) is 0 Å². The van der Waals surface area contributed by atoms with E-state index in [0.29, 0.717) is 0 Å². The van der Waals surface area contributed by atoms with Crippen molar-refractivity contribution < 1.29 is 27.8 Å². The molecule has 0 unspecified atom stereocenters. The fraction of sp³-hybridized carbons (Fsp3) is 0.800. The van der Waals surface area contributed by atoms with E-state index in [1.807, 2.05) is 0 Å². The fourth-order valence-corrected chi connectivity index (χ4v) is 1.93. The van der Waals surface area contributed by atoms with Crippen molar-refractivity contribution >= 4 is 12.4 Å². The van der Waals surface area contributed by atoms with E-state index in [4.69, 9.17) is 0 Å². The molecule has 0 bridgehead atoms. The van der Waals surface area contributed by atoms with Gasteiger partial charge in [0.15, 0.2) is 0 Å². The number of carbonyl (C=O) groups is 2. The van der Waals surface area contributed by atoms with Gasteiger partial charge in [0.1, 0.15) is 0 Å². The molecule has 0 aromatic carbocycles. The molecule has 16 heavy (non-hydrogen) atoms. The Morgan fingerprint density at radius 3 is 1.44 bits per heavy atom. The highest BCUT2D eigenvalue weighted by atomic mass is 19.2. The zero-order valence-electron chi connectivity index (χ0n) is 8.79. The van der Waals surface area contributed by atoms with E-state index in [2.05, 4.69) is 9.47 Å². The minimum Gasteiger partial charge on any atom is -0.440 e. The second-order valence-corrected chi connectivity index (χ2v) is 3.98. The molecule has 1 fully saturated rings. The van der Waals surface area contributed by atoms with Crippen molar-refractivity contribution in [2.75, 3.05) is 13.2 Å². The molecule has 1 saturated carbocycles. The lowest BCUT2D eigenvalue weighted by molar-refractivity contribution is 0.0685. The predicted octanol–water partition coefficient (Wildman–Crippen LogP) is 3.01. The van der Waals surface area contributed by atoms with Gasteiger partial charge in [0.25, 0.3) is 0 Å². The Balaban J connectivity index is 2.13. The van der Waals surface area contributed by atoms with Crippen LogP contribution in [0.4, 0.5) is 18.4 Å². The maximum Gasteiger partial charge on any atom is 0.495 e. The van der Waals surface area contributed by atoms with Crippen molar-refractivity contribution in [1.82, 2.24) is 0 Å². The van der Waals surface area contributed by atoms with Gasteiger partial charge in [-0.05, 0) is 37.5 Å². The molecule has 92 valence electrons. The minimum absolute atomic E-state index is 0.0882. The third-order valence-corrected chi connectivity index (χ3v) is 2.83. The van der Waals surface area contributed by atoms with E-state index in [0.717, 1.165) is 25.7 Å². The van der Waals surface area contributed by atoms with Crippen LogP contribution < -0.4 is 0 Å². The van der Waals surface area contributed by atoms with E-state index in [-0.39, 0.29) is 25.0 Å². The molecule has 0 radical (unpaired) electrons. The number of halogens is 2. The first kappa shape index (κ1) is 12.9. The summed E-state index contributed by atoms with van der Waals surface area (Å²) in [7, 11) is 0. The van der Waals surface area contributed by atoms with Crippen LogP contribution >= 0.6 is 0 Å². The Hall–Kier alpha value is -1.20. The van der Waals surface area contributed by atoms with Gasteiger partial charge in [-0.2, -0.15) is 0 Å². The van der Waals surface area contributed by atoms with E-state index >= 15 is 0 Å². The standard InChI is InChI=1S/C10H14F2O4/c11-9(13)15-5-7-1-2-8(4-3-7)6-16-10(12)14/h7-8H,1-6H2. The summed E-state index contributed by atoms with van der Waals surface area (Å²) < 4.78 is 32.1. The lowest BCUT2D eigenvalue weighted by Gasteiger charge is -2.26. The molecule has 1 aliphatic rings. The van der Waals surface area contributed by atoms with Crippen molar-refractivity contribution in [3.05, 3.63) is 0 Å². The number of rotatable bonds is 4. The van der Waals surface area contributed by atoms with E-state index in [9.17, 15) is 18.4 Å². The molecule has 1 aliphatic carbocycles. The van der Waals surface area contributed by atoms with Crippen molar-refractivity contribution in [2.45, 2.75) is 25.7 Å². The van der Waals surface area contributed by atoms with Crippen LogP contribution in [0.1, 0.15) is 25.7 Å². The molecule has 0 aromatic heterocycles. The summed E-state index contributed by atoms with van der Waals surface area (Å²) in [5, 5.41) is 0. The summed E-state index contributed by atoms with van der Waals surface area (Å²) in [6, 6.07) is 0. The molecule has 0 heterocycles. The quantitative estimate of drug-likeness (QED) is 0.704. The SMILES string of the molecule is O=C(F)OCC1CCC(COC(=O)F)CC1. The van der Waals surface area contributed by atoms with Crippen LogP contribution in [0.2, 0.25) is 0 Å². The van der Waals surface area contributed by atoms with E-state index in [1.165, 1.54) is 0 Å². The summed E-state index contributed by atoms with van der Waals surface area (Å²) in [5.74, 6) is 0.300. The monoisotopic (exact) mass is 236 g/mol. The van der Waals surface area contributed by atoms with Crippen LogP contribution in [-0.2, 0) is 9.47 Å². The van der Waals surface area contributed by atoms with Crippen molar-refractivity contribution in [3.63, 3.8) is 0 Å². The van der Waals surface area contributed by atoms with Gasteiger partial charge in [-0.25, -0.2) is 9.59 Å². The number of carbonyl (C=O) groups excluding carboxylic acids is 2. The van der Waals surface area contributed by atoms with Crippen LogP contribution in [0.15, 0.2) is 0 Å². The van der Waals surface area contributed by atoms with Crippen molar-refractivity contribution in [1.29, 1.82) is 0 Å². The Bertz CT molecular complexity index is 223. The van der Waals surface area contributed by atoms with Gasteiger partial charge in [0.2, 0.25) is 0 Å². The maximum atomic E-state index is 11.8. The molecule has 0 N–H and O–H groups in total. The molecule has 6 heteroatoms. The van der Waals surface area contributed by atoms with Gasteiger partial charge in [-0.15, -0.1) is 8.78 Å². The highest BCUT2D eigenvalue weighted by molar-refractivity contribution is 5.58. The minimum atomic E-state index is -1.76. The zero-order valence-corrected chi connectivity index (χ0v) is 8.79. The van der Waals surface area contributed by atoms with Crippen LogP contribution in [0, 0.1) is 11.8 Å².